The third-order valence-electron chi connectivity index (χ3n) is 4.89. The lowest BCUT2D eigenvalue weighted by Gasteiger charge is -2.31. The zero-order valence-corrected chi connectivity index (χ0v) is 16.8. The van der Waals surface area contributed by atoms with Crippen LogP contribution in [0.5, 0.6) is 0 Å². The van der Waals surface area contributed by atoms with Crippen molar-refractivity contribution in [2.24, 2.45) is 5.92 Å². The number of para-hydroxylation sites is 1. The maximum absolute atomic E-state index is 13.2. The quantitative estimate of drug-likeness (QED) is 0.643. The fraction of sp³-hybridized carbons (Fsp3) is 0.400. The van der Waals surface area contributed by atoms with Crippen molar-refractivity contribution in [2.45, 2.75) is 29.9 Å². The number of likely N-dealkylation sites (tertiary alicyclic amines) is 1. The average Bonchev–Trinajstić information content (AvgIpc) is 3.29. The lowest BCUT2D eigenvalue weighted by Crippen LogP contribution is -2.41. The van der Waals surface area contributed by atoms with Crippen LogP contribution < -0.4 is 0 Å². The number of furan rings is 1. The molecule has 1 aliphatic heterocycles. The Hall–Kier alpha value is -1.83. The van der Waals surface area contributed by atoms with Crippen LogP contribution in [-0.4, -0.2) is 40.6 Å². The molecule has 1 saturated heterocycles. The second kappa shape index (κ2) is 8.04. The Kier molecular flexibility index (Phi) is 5.52. The Labute approximate surface area is 166 Å². The van der Waals surface area contributed by atoms with E-state index < -0.39 is 0 Å². The summed E-state index contributed by atoms with van der Waals surface area (Å²) in [5.74, 6) is 1.15. The molecule has 27 heavy (non-hydrogen) atoms. The third kappa shape index (κ3) is 3.90. The Bertz CT molecular complexity index is 950. The number of aryl methyl sites for hydroxylation is 1. The summed E-state index contributed by atoms with van der Waals surface area (Å²) in [7, 11) is 0. The van der Waals surface area contributed by atoms with E-state index in [1.54, 1.807) is 23.1 Å². The summed E-state index contributed by atoms with van der Waals surface area (Å²) in [6.45, 7) is 3.40. The molecule has 4 rings (SSSR count). The highest BCUT2D eigenvalue weighted by Crippen LogP contribution is 2.34. The first kappa shape index (κ1) is 18.5. The van der Waals surface area contributed by atoms with Gasteiger partial charge < -0.3 is 14.4 Å². The highest BCUT2D eigenvalue weighted by atomic mass is 32.2. The summed E-state index contributed by atoms with van der Waals surface area (Å²) in [5, 5.41) is 12.5. The molecule has 3 aromatic rings. The minimum Gasteiger partial charge on any atom is -0.451 e. The molecule has 1 aliphatic rings. The van der Waals surface area contributed by atoms with Crippen LogP contribution in [0.1, 0.15) is 34.7 Å². The SMILES string of the molecule is Cc1csc(SCc2c(C(=O)N3CCCC(CO)C3)oc3ccccc23)n1. The number of thioether (sulfide) groups is 1. The topological polar surface area (TPSA) is 66.6 Å². The van der Waals surface area contributed by atoms with Gasteiger partial charge in [0, 0.05) is 47.5 Å². The van der Waals surface area contributed by atoms with Gasteiger partial charge >= 0.3 is 0 Å². The predicted octanol–water partition coefficient (Wildman–Crippen LogP) is 4.33. The molecule has 0 aliphatic carbocycles. The molecule has 7 heteroatoms. The predicted molar refractivity (Wildman–Crippen MR) is 108 cm³/mol. The van der Waals surface area contributed by atoms with Gasteiger partial charge in [-0.3, -0.25) is 4.79 Å². The summed E-state index contributed by atoms with van der Waals surface area (Å²) in [6, 6.07) is 7.80. The lowest BCUT2D eigenvalue weighted by atomic mass is 9.98. The minimum atomic E-state index is -0.0738. The van der Waals surface area contributed by atoms with Gasteiger partial charge in [-0.1, -0.05) is 30.0 Å². The van der Waals surface area contributed by atoms with Gasteiger partial charge in [-0.05, 0) is 31.7 Å². The number of hydrogen-bond donors (Lipinski definition) is 1. The van der Waals surface area contributed by atoms with Gasteiger partial charge in [0.25, 0.3) is 5.91 Å². The van der Waals surface area contributed by atoms with E-state index in [4.69, 9.17) is 4.42 Å². The van der Waals surface area contributed by atoms with Gasteiger partial charge in [-0.25, -0.2) is 4.98 Å². The summed E-state index contributed by atoms with van der Waals surface area (Å²) >= 11 is 3.25. The molecule has 1 atom stereocenters. The number of carbonyl (C=O) groups is 1. The number of fused-ring (bicyclic) bond motifs is 1. The van der Waals surface area contributed by atoms with E-state index in [2.05, 4.69) is 4.98 Å². The Morgan fingerprint density at radius 1 is 1.44 bits per heavy atom. The number of carbonyl (C=O) groups excluding carboxylic acids is 1. The number of aliphatic hydroxyl groups excluding tert-OH is 1. The van der Waals surface area contributed by atoms with Crippen molar-refractivity contribution in [1.82, 2.24) is 9.88 Å². The number of nitrogens with zero attached hydrogens (tertiary/aromatic N) is 2. The second-order valence-electron chi connectivity index (χ2n) is 6.89. The Morgan fingerprint density at radius 2 is 2.30 bits per heavy atom. The van der Waals surface area contributed by atoms with Crippen LogP contribution in [0, 0.1) is 12.8 Å². The molecular weight excluding hydrogens is 380 g/mol. The number of thiazole rings is 1. The number of benzene rings is 1. The van der Waals surface area contributed by atoms with Crippen molar-refractivity contribution in [3.8, 4) is 0 Å². The Balaban J connectivity index is 1.63. The van der Waals surface area contributed by atoms with Crippen LogP contribution in [-0.2, 0) is 5.75 Å². The zero-order chi connectivity index (χ0) is 18.8. The summed E-state index contributed by atoms with van der Waals surface area (Å²) < 4.78 is 6.99. The number of hydrogen-bond acceptors (Lipinski definition) is 6. The van der Waals surface area contributed by atoms with Crippen LogP contribution in [0.2, 0.25) is 0 Å². The summed E-state index contributed by atoms with van der Waals surface area (Å²) in [5.41, 5.74) is 2.68. The molecule has 1 unspecified atom stereocenters. The van der Waals surface area contributed by atoms with Gasteiger partial charge in [0.05, 0.1) is 0 Å². The van der Waals surface area contributed by atoms with Crippen molar-refractivity contribution in [1.29, 1.82) is 0 Å². The smallest absolute Gasteiger partial charge is 0.289 e. The number of aromatic nitrogens is 1. The summed E-state index contributed by atoms with van der Waals surface area (Å²) in [6.07, 6.45) is 1.88. The van der Waals surface area contributed by atoms with E-state index >= 15 is 0 Å². The standard InChI is InChI=1S/C20H22N2O3S2/c1-13-11-26-20(21-13)27-12-16-15-6-2-3-7-17(15)25-18(16)19(24)22-8-4-5-14(9-22)10-23/h2-3,6-7,11,14,23H,4-5,8-10,12H2,1H3. The van der Waals surface area contributed by atoms with Crippen molar-refractivity contribution in [3.63, 3.8) is 0 Å². The van der Waals surface area contributed by atoms with E-state index in [1.165, 1.54) is 0 Å². The number of piperidine rings is 1. The highest BCUT2D eigenvalue weighted by Gasteiger charge is 2.29. The fourth-order valence-electron chi connectivity index (χ4n) is 3.49. The molecule has 0 radical (unpaired) electrons. The van der Waals surface area contributed by atoms with Crippen LogP contribution >= 0.6 is 23.1 Å². The van der Waals surface area contributed by atoms with Gasteiger partial charge in [-0.2, -0.15) is 0 Å². The average molecular weight is 403 g/mol. The molecule has 1 fully saturated rings. The lowest BCUT2D eigenvalue weighted by molar-refractivity contribution is 0.0591. The first-order valence-corrected chi connectivity index (χ1v) is 11.0. The van der Waals surface area contributed by atoms with Crippen molar-refractivity contribution in [3.05, 3.63) is 46.7 Å². The Morgan fingerprint density at radius 3 is 3.07 bits per heavy atom. The van der Waals surface area contributed by atoms with E-state index in [9.17, 15) is 9.90 Å². The van der Waals surface area contributed by atoms with Crippen molar-refractivity contribution < 1.29 is 14.3 Å². The fourth-order valence-corrected chi connectivity index (χ4v) is 5.37. The highest BCUT2D eigenvalue weighted by molar-refractivity contribution is 8.00. The molecule has 1 amide bonds. The number of aliphatic hydroxyl groups is 1. The minimum absolute atomic E-state index is 0.0738. The third-order valence-corrected chi connectivity index (χ3v) is 7.06. The van der Waals surface area contributed by atoms with E-state index in [0.717, 1.165) is 39.4 Å². The first-order chi connectivity index (χ1) is 13.2. The maximum Gasteiger partial charge on any atom is 0.289 e. The van der Waals surface area contributed by atoms with Gasteiger partial charge in [0.2, 0.25) is 0 Å². The van der Waals surface area contributed by atoms with E-state index in [-0.39, 0.29) is 18.4 Å². The van der Waals surface area contributed by atoms with E-state index in [0.29, 0.717) is 24.6 Å². The molecule has 0 saturated carbocycles. The molecule has 1 aromatic carbocycles. The van der Waals surface area contributed by atoms with Crippen LogP contribution in [0.15, 0.2) is 38.4 Å². The van der Waals surface area contributed by atoms with Crippen LogP contribution in [0.25, 0.3) is 11.0 Å². The molecule has 0 spiro atoms. The van der Waals surface area contributed by atoms with Crippen molar-refractivity contribution in [2.75, 3.05) is 19.7 Å². The largest absolute Gasteiger partial charge is 0.451 e. The summed E-state index contributed by atoms with van der Waals surface area (Å²) in [4.78, 5) is 19.5. The molecule has 1 N–H and O–H groups in total. The monoisotopic (exact) mass is 402 g/mol. The van der Waals surface area contributed by atoms with Crippen LogP contribution in [0.3, 0.4) is 0 Å². The molecule has 142 valence electrons. The maximum atomic E-state index is 13.2. The molecule has 0 bridgehead atoms. The zero-order valence-electron chi connectivity index (χ0n) is 15.2. The second-order valence-corrected chi connectivity index (χ2v) is 8.97. The molecule has 3 heterocycles. The van der Waals surface area contributed by atoms with Crippen molar-refractivity contribution >= 4 is 40.0 Å². The van der Waals surface area contributed by atoms with Crippen LogP contribution in [0.4, 0.5) is 0 Å². The first-order valence-electron chi connectivity index (χ1n) is 9.11. The van der Waals surface area contributed by atoms with E-state index in [1.807, 2.05) is 41.5 Å². The normalized spacial score (nSPS) is 17.6. The molecular formula is C20H22N2O3S2. The van der Waals surface area contributed by atoms with Gasteiger partial charge in [-0.15, -0.1) is 11.3 Å². The molecule has 2 aromatic heterocycles. The number of rotatable bonds is 5. The van der Waals surface area contributed by atoms with Gasteiger partial charge in [0.1, 0.15) is 9.92 Å². The molecule has 5 nitrogen and oxygen atoms in total. The number of amides is 1. The van der Waals surface area contributed by atoms with Gasteiger partial charge in [0.15, 0.2) is 5.76 Å².